The fourth-order valence-electron chi connectivity index (χ4n) is 2.73. The molecule has 1 aliphatic heterocycles. The molecule has 1 atom stereocenters. The van der Waals surface area contributed by atoms with Crippen LogP contribution in [-0.4, -0.2) is 38.7 Å². The molecule has 1 saturated heterocycles. The molecule has 0 bridgehead atoms. The van der Waals surface area contributed by atoms with Crippen molar-refractivity contribution in [1.82, 2.24) is 15.0 Å². The molecule has 2 heterocycles. The third-order valence-corrected chi connectivity index (χ3v) is 3.74. The van der Waals surface area contributed by atoms with Gasteiger partial charge in [0.05, 0.1) is 13.0 Å². The molecule has 1 fully saturated rings. The molecule has 0 saturated carbocycles. The van der Waals surface area contributed by atoms with Crippen LogP contribution in [0, 0.1) is 0 Å². The Morgan fingerprint density at radius 2 is 2.19 bits per heavy atom. The van der Waals surface area contributed by atoms with Crippen LogP contribution < -0.4 is 0 Å². The molecule has 6 nitrogen and oxygen atoms in total. The number of benzene rings is 1. The molecule has 1 N–H and O–H groups in total. The van der Waals surface area contributed by atoms with Crippen molar-refractivity contribution in [3.63, 3.8) is 0 Å². The number of aliphatic carboxylic acids is 1. The lowest BCUT2D eigenvalue weighted by Crippen LogP contribution is -2.31. The van der Waals surface area contributed by atoms with Crippen LogP contribution >= 0.6 is 0 Å². The predicted molar refractivity (Wildman–Crippen MR) is 75.4 cm³/mol. The van der Waals surface area contributed by atoms with E-state index < -0.39 is 5.97 Å². The zero-order chi connectivity index (χ0) is 14.7. The number of aromatic nitrogens is 2. The van der Waals surface area contributed by atoms with Gasteiger partial charge in [0.1, 0.15) is 0 Å². The van der Waals surface area contributed by atoms with Gasteiger partial charge < -0.3 is 9.63 Å². The normalized spacial score (nSPS) is 19.0. The number of carboxylic acid groups (broad SMARTS) is 1. The Kier molecular flexibility index (Phi) is 3.96. The SMILES string of the molecule is O=C(O)CC1CCCN1Cc1noc(-c2ccccc2)n1. The van der Waals surface area contributed by atoms with Crippen molar-refractivity contribution in [2.24, 2.45) is 0 Å². The van der Waals surface area contributed by atoms with Crippen molar-refractivity contribution < 1.29 is 14.4 Å². The molecule has 2 aromatic rings. The Morgan fingerprint density at radius 3 is 2.95 bits per heavy atom. The number of rotatable bonds is 5. The summed E-state index contributed by atoms with van der Waals surface area (Å²) < 4.78 is 5.27. The molecule has 110 valence electrons. The number of hydrogen-bond acceptors (Lipinski definition) is 5. The number of hydrogen-bond donors (Lipinski definition) is 1. The van der Waals surface area contributed by atoms with Crippen molar-refractivity contribution in [2.75, 3.05) is 6.54 Å². The lowest BCUT2D eigenvalue weighted by molar-refractivity contribution is -0.138. The van der Waals surface area contributed by atoms with Crippen LogP contribution in [0.2, 0.25) is 0 Å². The van der Waals surface area contributed by atoms with E-state index in [0.717, 1.165) is 24.9 Å². The first-order valence-electron chi connectivity index (χ1n) is 7.06. The Bertz CT molecular complexity index is 612. The van der Waals surface area contributed by atoms with Crippen LogP contribution in [-0.2, 0) is 11.3 Å². The highest BCUT2D eigenvalue weighted by Crippen LogP contribution is 2.23. The van der Waals surface area contributed by atoms with Gasteiger partial charge in [-0.2, -0.15) is 4.98 Å². The fourth-order valence-corrected chi connectivity index (χ4v) is 2.73. The third kappa shape index (κ3) is 3.28. The highest BCUT2D eigenvalue weighted by molar-refractivity contribution is 5.67. The zero-order valence-corrected chi connectivity index (χ0v) is 11.6. The molecule has 1 aromatic heterocycles. The van der Waals surface area contributed by atoms with Gasteiger partial charge in [-0.05, 0) is 31.5 Å². The second-order valence-corrected chi connectivity index (χ2v) is 5.25. The van der Waals surface area contributed by atoms with Gasteiger partial charge in [-0.25, -0.2) is 0 Å². The highest BCUT2D eigenvalue weighted by atomic mass is 16.5. The predicted octanol–water partition coefficient (Wildman–Crippen LogP) is 2.18. The zero-order valence-electron chi connectivity index (χ0n) is 11.6. The summed E-state index contributed by atoms with van der Waals surface area (Å²) in [6, 6.07) is 9.68. The van der Waals surface area contributed by atoms with Crippen molar-refractivity contribution in [3.05, 3.63) is 36.2 Å². The first kappa shape index (κ1) is 13.8. The average Bonchev–Trinajstić information content (AvgIpc) is 3.10. The Morgan fingerprint density at radius 1 is 1.38 bits per heavy atom. The van der Waals surface area contributed by atoms with Gasteiger partial charge in [0.2, 0.25) is 0 Å². The highest BCUT2D eigenvalue weighted by Gasteiger charge is 2.27. The van der Waals surface area contributed by atoms with E-state index >= 15 is 0 Å². The van der Waals surface area contributed by atoms with Crippen LogP contribution in [0.1, 0.15) is 25.1 Å². The first-order chi connectivity index (χ1) is 10.2. The molecule has 0 amide bonds. The summed E-state index contributed by atoms with van der Waals surface area (Å²) in [4.78, 5) is 17.4. The van der Waals surface area contributed by atoms with Gasteiger partial charge in [-0.15, -0.1) is 0 Å². The van der Waals surface area contributed by atoms with Crippen LogP contribution in [0.15, 0.2) is 34.9 Å². The van der Waals surface area contributed by atoms with E-state index in [4.69, 9.17) is 9.63 Å². The number of carboxylic acids is 1. The maximum Gasteiger partial charge on any atom is 0.304 e. The van der Waals surface area contributed by atoms with Gasteiger partial charge in [-0.3, -0.25) is 9.69 Å². The van der Waals surface area contributed by atoms with E-state index in [9.17, 15) is 4.79 Å². The van der Waals surface area contributed by atoms with Crippen molar-refractivity contribution in [3.8, 4) is 11.5 Å². The summed E-state index contributed by atoms with van der Waals surface area (Å²) in [5, 5.41) is 12.9. The maximum absolute atomic E-state index is 10.9. The number of nitrogens with zero attached hydrogens (tertiary/aromatic N) is 3. The maximum atomic E-state index is 10.9. The lowest BCUT2D eigenvalue weighted by Gasteiger charge is -2.20. The van der Waals surface area contributed by atoms with Crippen molar-refractivity contribution in [2.45, 2.75) is 31.8 Å². The molecule has 0 spiro atoms. The molecule has 0 radical (unpaired) electrons. The molecule has 0 aliphatic carbocycles. The molecule has 1 aliphatic rings. The Labute approximate surface area is 122 Å². The fraction of sp³-hybridized carbons (Fsp3) is 0.400. The quantitative estimate of drug-likeness (QED) is 0.908. The van der Waals surface area contributed by atoms with Crippen LogP contribution in [0.3, 0.4) is 0 Å². The largest absolute Gasteiger partial charge is 0.481 e. The summed E-state index contributed by atoms with van der Waals surface area (Å²) in [7, 11) is 0. The van der Waals surface area contributed by atoms with Crippen LogP contribution in [0.5, 0.6) is 0 Å². The minimum absolute atomic E-state index is 0.0705. The minimum Gasteiger partial charge on any atom is -0.481 e. The van der Waals surface area contributed by atoms with Gasteiger partial charge >= 0.3 is 5.97 Å². The topological polar surface area (TPSA) is 79.5 Å². The molecule has 3 rings (SSSR count). The summed E-state index contributed by atoms with van der Waals surface area (Å²) >= 11 is 0. The van der Waals surface area contributed by atoms with E-state index in [0.29, 0.717) is 18.3 Å². The second-order valence-electron chi connectivity index (χ2n) is 5.25. The van der Waals surface area contributed by atoms with Crippen LogP contribution in [0.25, 0.3) is 11.5 Å². The minimum atomic E-state index is -0.759. The first-order valence-corrected chi connectivity index (χ1v) is 7.06. The van der Waals surface area contributed by atoms with Crippen molar-refractivity contribution >= 4 is 5.97 Å². The number of likely N-dealkylation sites (tertiary alicyclic amines) is 1. The molecular formula is C15H17N3O3. The average molecular weight is 287 g/mol. The smallest absolute Gasteiger partial charge is 0.304 e. The molecule has 21 heavy (non-hydrogen) atoms. The van der Waals surface area contributed by atoms with Gasteiger partial charge in [0.15, 0.2) is 5.82 Å². The summed E-state index contributed by atoms with van der Waals surface area (Å²) in [6.07, 6.45) is 2.10. The molecule has 1 aromatic carbocycles. The monoisotopic (exact) mass is 287 g/mol. The molecule has 1 unspecified atom stereocenters. The van der Waals surface area contributed by atoms with Gasteiger partial charge in [-0.1, -0.05) is 23.4 Å². The standard InChI is InChI=1S/C15H17N3O3/c19-14(20)9-12-7-4-8-18(12)10-13-16-15(21-17-13)11-5-2-1-3-6-11/h1-3,5-6,12H,4,7-10H2,(H,19,20). The number of carbonyl (C=O) groups is 1. The van der Waals surface area contributed by atoms with E-state index in [-0.39, 0.29) is 12.5 Å². The van der Waals surface area contributed by atoms with E-state index in [2.05, 4.69) is 15.0 Å². The molecule has 6 heteroatoms. The Balaban J connectivity index is 1.68. The van der Waals surface area contributed by atoms with Crippen LogP contribution in [0.4, 0.5) is 0 Å². The summed E-state index contributed by atoms with van der Waals surface area (Å²) in [6.45, 7) is 1.42. The lowest BCUT2D eigenvalue weighted by atomic mass is 10.1. The van der Waals surface area contributed by atoms with Crippen molar-refractivity contribution in [1.29, 1.82) is 0 Å². The summed E-state index contributed by atoms with van der Waals surface area (Å²) in [5.41, 5.74) is 0.889. The van der Waals surface area contributed by atoms with E-state index in [1.165, 1.54) is 0 Å². The van der Waals surface area contributed by atoms with E-state index in [1.807, 2.05) is 30.3 Å². The van der Waals surface area contributed by atoms with Gasteiger partial charge in [0.25, 0.3) is 5.89 Å². The summed E-state index contributed by atoms with van der Waals surface area (Å²) in [5.74, 6) is 0.343. The second kappa shape index (κ2) is 6.05. The van der Waals surface area contributed by atoms with E-state index in [1.54, 1.807) is 0 Å². The molecular weight excluding hydrogens is 270 g/mol. The van der Waals surface area contributed by atoms with Gasteiger partial charge in [0, 0.05) is 11.6 Å². The Hall–Kier alpha value is -2.21. The third-order valence-electron chi connectivity index (χ3n) is 3.74.